The molecule has 19 heavy (non-hydrogen) atoms. The van der Waals surface area contributed by atoms with Gasteiger partial charge in [-0.1, -0.05) is 12.1 Å². The molecule has 3 rings (SSSR count). The van der Waals surface area contributed by atoms with E-state index >= 15 is 0 Å². The molecule has 0 radical (unpaired) electrons. The molecule has 92 valence electrons. The fraction of sp³-hybridized carbons (Fsp3) is 0. The molecule has 0 spiro atoms. The Labute approximate surface area is 117 Å². The molecule has 0 aliphatic carbocycles. The molecule has 2 N–H and O–H groups in total. The lowest BCUT2D eigenvalue weighted by molar-refractivity contribution is 0.968. The molecule has 3 aromatic rings. The number of fused-ring (bicyclic) bond motifs is 1. The maximum absolute atomic E-state index is 8.77. The topological polar surface area (TPSA) is 88.5 Å². The minimum atomic E-state index is 0.195. The van der Waals surface area contributed by atoms with Crippen LogP contribution >= 0.6 is 23.1 Å². The molecular weight excluding hydrogens is 278 g/mol. The van der Waals surface area contributed by atoms with Crippen LogP contribution in [0.3, 0.4) is 0 Å². The minimum Gasteiger partial charge on any atom is -0.382 e. The van der Waals surface area contributed by atoms with E-state index in [0.29, 0.717) is 5.16 Å². The zero-order chi connectivity index (χ0) is 13.2. The van der Waals surface area contributed by atoms with Crippen molar-refractivity contribution < 1.29 is 0 Å². The van der Waals surface area contributed by atoms with Crippen LogP contribution in [-0.4, -0.2) is 15.0 Å². The molecule has 0 fully saturated rings. The summed E-state index contributed by atoms with van der Waals surface area (Å²) in [7, 11) is 0. The zero-order valence-corrected chi connectivity index (χ0v) is 11.2. The second kappa shape index (κ2) is 4.84. The summed E-state index contributed by atoms with van der Waals surface area (Å²) < 4.78 is 1.97. The maximum atomic E-state index is 8.77. The van der Waals surface area contributed by atoms with Crippen molar-refractivity contribution in [1.82, 2.24) is 15.0 Å². The van der Waals surface area contributed by atoms with E-state index in [1.165, 1.54) is 18.0 Å². The highest BCUT2D eigenvalue weighted by molar-refractivity contribution is 8.01. The molecule has 2 heterocycles. The molecule has 0 aliphatic rings. The van der Waals surface area contributed by atoms with Crippen molar-refractivity contribution >= 4 is 39.1 Å². The minimum absolute atomic E-state index is 0.195. The summed E-state index contributed by atoms with van der Waals surface area (Å²) in [5, 5.41) is 9.26. The van der Waals surface area contributed by atoms with Crippen LogP contribution in [0.1, 0.15) is 5.56 Å². The molecule has 1 aromatic carbocycles. The Kier molecular flexibility index (Phi) is 3.03. The Bertz CT molecular complexity index is 757. The highest BCUT2D eigenvalue weighted by atomic mass is 32.2. The number of hydrogen-bond acceptors (Lipinski definition) is 7. The summed E-state index contributed by atoms with van der Waals surface area (Å²) in [5.41, 5.74) is 6.90. The predicted octanol–water partition coefficient (Wildman–Crippen LogP) is 2.69. The van der Waals surface area contributed by atoms with Gasteiger partial charge < -0.3 is 5.73 Å². The number of nitriles is 1. The lowest BCUT2D eigenvalue weighted by Crippen LogP contribution is -1.97. The molecule has 0 aliphatic heterocycles. The molecule has 0 unspecified atom stereocenters. The summed E-state index contributed by atoms with van der Waals surface area (Å²) in [4.78, 5) is 12.7. The fourth-order valence-corrected chi connectivity index (χ4v) is 3.39. The van der Waals surface area contributed by atoms with Crippen molar-refractivity contribution in [3.05, 3.63) is 36.0 Å². The number of nitrogens with two attached hydrogens (primary N) is 1. The molecule has 0 saturated heterocycles. The summed E-state index contributed by atoms with van der Waals surface area (Å²) >= 11 is 2.92. The van der Waals surface area contributed by atoms with E-state index in [0.717, 1.165) is 14.6 Å². The van der Waals surface area contributed by atoms with Crippen LogP contribution in [0.2, 0.25) is 0 Å². The first-order valence-corrected chi connectivity index (χ1v) is 6.95. The second-order valence-electron chi connectivity index (χ2n) is 3.61. The lowest BCUT2D eigenvalue weighted by Gasteiger charge is -1.98. The number of para-hydroxylation sites is 1. The Morgan fingerprint density at radius 2 is 2.11 bits per heavy atom. The first-order chi connectivity index (χ1) is 9.26. The van der Waals surface area contributed by atoms with Crippen LogP contribution in [-0.2, 0) is 0 Å². The van der Waals surface area contributed by atoms with Gasteiger partial charge in [-0.05, 0) is 23.9 Å². The van der Waals surface area contributed by atoms with E-state index in [1.54, 1.807) is 11.3 Å². The number of nitrogen functional groups attached to an aromatic ring is 1. The van der Waals surface area contributed by atoms with Crippen LogP contribution in [0.15, 0.2) is 40.0 Å². The van der Waals surface area contributed by atoms with Gasteiger partial charge in [-0.3, -0.25) is 0 Å². The molecule has 2 aromatic heterocycles. The van der Waals surface area contributed by atoms with Crippen molar-refractivity contribution in [2.75, 3.05) is 5.73 Å². The van der Waals surface area contributed by atoms with Crippen LogP contribution in [0.5, 0.6) is 0 Å². The first kappa shape index (κ1) is 11.9. The normalized spacial score (nSPS) is 10.5. The van der Waals surface area contributed by atoms with E-state index < -0.39 is 0 Å². The van der Waals surface area contributed by atoms with Gasteiger partial charge >= 0.3 is 0 Å². The summed E-state index contributed by atoms with van der Waals surface area (Å²) in [6, 6.07) is 9.85. The maximum Gasteiger partial charge on any atom is 0.196 e. The smallest absolute Gasteiger partial charge is 0.196 e. The number of aromatic nitrogens is 3. The highest BCUT2D eigenvalue weighted by Crippen LogP contribution is 2.32. The van der Waals surface area contributed by atoms with Crippen LogP contribution < -0.4 is 5.73 Å². The van der Waals surface area contributed by atoms with Gasteiger partial charge in [-0.2, -0.15) is 5.26 Å². The van der Waals surface area contributed by atoms with Crippen LogP contribution in [0.4, 0.5) is 5.82 Å². The zero-order valence-electron chi connectivity index (χ0n) is 9.57. The van der Waals surface area contributed by atoms with E-state index in [2.05, 4.69) is 15.0 Å². The Balaban J connectivity index is 1.92. The van der Waals surface area contributed by atoms with Crippen molar-refractivity contribution in [1.29, 1.82) is 5.26 Å². The molecular formula is C12H7N5S2. The van der Waals surface area contributed by atoms with E-state index in [9.17, 15) is 0 Å². The van der Waals surface area contributed by atoms with Crippen molar-refractivity contribution in [2.45, 2.75) is 9.50 Å². The van der Waals surface area contributed by atoms with Gasteiger partial charge in [0.05, 0.1) is 16.4 Å². The number of rotatable bonds is 2. The van der Waals surface area contributed by atoms with Gasteiger partial charge in [-0.15, -0.1) is 11.3 Å². The predicted molar refractivity (Wildman–Crippen MR) is 74.9 cm³/mol. The molecule has 0 saturated carbocycles. The summed E-state index contributed by atoms with van der Waals surface area (Å²) in [6.45, 7) is 0. The second-order valence-corrected chi connectivity index (χ2v) is 5.86. The molecule has 7 heteroatoms. The van der Waals surface area contributed by atoms with Crippen molar-refractivity contribution in [3.63, 3.8) is 0 Å². The number of anilines is 1. The highest BCUT2D eigenvalue weighted by Gasteiger charge is 2.09. The van der Waals surface area contributed by atoms with E-state index in [-0.39, 0.29) is 11.4 Å². The van der Waals surface area contributed by atoms with Gasteiger partial charge in [0.1, 0.15) is 17.5 Å². The largest absolute Gasteiger partial charge is 0.382 e. The third kappa shape index (κ3) is 2.36. The lowest BCUT2D eigenvalue weighted by atomic mass is 10.3. The molecule has 5 nitrogen and oxygen atoms in total. The summed E-state index contributed by atoms with van der Waals surface area (Å²) in [5.74, 6) is 0.195. The number of hydrogen-bond donors (Lipinski definition) is 1. The number of nitrogens with zero attached hydrogens (tertiary/aromatic N) is 4. The Morgan fingerprint density at radius 1 is 1.26 bits per heavy atom. The van der Waals surface area contributed by atoms with E-state index in [1.807, 2.05) is 30.3 Å². The molecule has 0 amide bonds. The molecule has 0 bridgehead atoms. The van der Waals surface area contributed by atoms with Gasteiger partial charge in [0.15, 0.2) is 9.50 Å². The molecule has 0 atom stereocenters. The van der Waals surface area contributed by atoms with E-state index in [4.69, 9.17) is 11.0 Å². The summed E-state index contributed by atoms with van der Waals surface area (Å²) in [6.07, 6.45) is 1.43. The SMILES string of the molecule is N#Cc1cnc(Sc2nc3ccccc3s2)nc1N. The van der Waals surface area contributed by atoms with Gasteiger partial charge in [0.2, 0.25) is 0 Å². The third-order valence-corrected chi connectivity index (χ3v) is 4.35. The average Bonchev–Trinajstić information content (AvgIpc) is 2.81. The van der Waals surface area contributed by atoms with Crippen molar-refractivity contribution in [2.24, 2.45) is 0 Å². The fourth-order valence-electron chi connectivity index (χ4n) is 1.49. The standard InChI is InChI=1S/C12H7N5S2/c13-5-7-6-15-11(17-10(7)14)19-12-16-8-3-1-2-4-9(8)18-12/h1-4,6H,(H2,14,15,17). The average molecular weight is 285 g/mol. The van der Waals surface area contributed by atoms with Crippen LogP contribution in [0.25, 0.3) is 10.2 Å². The quantitative estimate of drug-likeness (QED) is 0.728. The van der Waals surface area contributed by atoms with Crippen molar-refractivity contribution in [3.8, 4) is 6.07 Å². The monoisotopic (exact) mass is 285 g/mol. The van der Waals surface area contributed by atoms with Gasteiger partial charge in [0, 0.05) is 0 Å². The Hall–Kier alpha value is -2.17. The third-order valence-electron chi connectivity index (χ3n) is 2.37. The number of benzene rings is 1. The number of thiazole rings is 1. The van der Waals surface area contributed by atoms with Gasteiger partial charge in [-0.25, -0.2) is 15.0 Å². The Morgan fingerprint density at radius 3 is 2.84 bits per heavy atom. The first-order valence-electron chi connectivity index (χ1n) is 5.32. The van der Waals surface area contributed by atoms with Crippen LogP contribution in [0, 0.1) is 11.3 Å². The van der Waals surface area contributed by atoms with Gasteiger partial charge in [0.25, 0.3) is 0 Å².